The third-order valence-electron chi connectivity index (χ3n) is 2.43. The van der Waals surface area contributed by atoms with E-state index >= 15 is 0 Å². The van der Waals surface area contributed by atoms with Gasteiger partial charge in [0.2, 0.25) is 0 Å². The fraction of sp³-hybridized carbons (Fsp3) is 0.545. The molecule has 0 unspecified atom stereocenters. The van der Waals surface area contributed by atoms with Crippen molar-refractivity contribution in [2.24, 2.45) is 0 Å². The van der Waals surface area contributed by atoms with Gasteiger partial charge in [0.15, 0.2) is 0 Å². The lowest BCUT2D eigenvalue weighted by molar-refractivity contribution is 0.0772. The Kier molecular flexibility index (Phi) is 3.33. The van der Waals surface area contributed by atoms with Gasteiger partial charge in [-0.25, -0.2) is 0 Å². The average Bonchev–Trinajstić information content (AvgIpc) is 2.47. The quantitative estimate of drug-likeness (QED) is 0.786. The Labute approximate surface area is 85.1 Å². The number of nitrogens with zero attached hydrogens (tertiary/aromatic N) is 1. The van der Waals surface area contributed by atoms with Gasteiger partial charge in [-0.05, 0) is 33.8 Å². The first-order chi connectivity index (χ1) is 6.60. The van der Waals surface area contributed by atoms with Crippen LogP contribution < -0.4 is 0 Å². The van der Waals surface area contributed by atoms with Gasteiger partial charge in [-0.2, -0.15) is 0 Å². The Hall–Kier alpha value is -1.25. The summed E-state index contributed by atoms with van der Waals surface area (Å²) in [6, 6.07) is 1.91. The van der Waals surface area contributed by atoms with E-state index in [0.717, 1.165) is 30.0 Å². The molecule has 0 fully saturated rings. The first-order valence-electron chi connectivity index (χ1n) is 5.05. The number of hydrogen-bond acceptors (Lipinski definition) is 1. The van der Waals surface area contributed by atoms with E-state index < -0.39 is 0 Å². The molecule has 0 atom stereocenters. The second kappa shape index (κ2) is 4.31. The number of carbonyl (C=O) groups excluding carboxylic acids is 1. The molecule has 1 N–H and O–H groups in total. The predicted octanol–water partition coefficient (Wildman–Crippen LogP) is 2.11. The number of nitrogens with one attached hydrogen (secondary N) is 1. The molecule has 0 spiro atoms. The predicted molar refractivity (Wildman–Crippen MR) is 57.5 cm³/mol. The van der Waals surface area contributed by atoms with Gasteiger partial charge >= 0.3 is 0 Å². The molecule has 3 heteroatoms. The van der Waals surface area contributed by atoms with Crippen molar-refractivity contribution in [2.75, 3.05) is 13.1 Å². The van der Waals surface area contributed by atoms with Crippen LogP contribution in [0.25, 0.3) is 0 Å². The summed E-state index contributed by atoms with van der Waals surface area (Å²) in [5, 5.41) is 0. The molecule has 78 valence electrons. The highest BCUT2D eigenvalue weighted by Gasteiger charge is 2.15. The molecule has 1 heterocycles. The summed E-state index contributed by atoms with van der Waals surface area (Å²) in [6.45, 7) is 9.42. The number of aromatic amines is 1. The van der Waals surface area contributed by atoms with Gasteiger partial charge in [0.1, 0.15) is 0 Å². The second-order valence-electron chi connectivity index (χ2n) is 3.47. The van der Waals surface area contributed by atoms with Crippen LogP contribution in [0.4, 0.5) is 0 Å². The van der Waals surface area contributed by atoms with Gasteiger partial charge in [-0.15, -0.1) is 0 Å². The van der Waals surface area contributed by atoms with Crippen LogP contribution in [-0.4, -0.2) is 28.9 Å². The van der Waals surface area contributed by atoms with Crippen LogP contribution in [-0.2, 0) is 0 Å². The number of carbonyl (C=O) groups is 1. The zero-order chi connectivity index (χ0) is 10.7. The summed E-state index contributed by atoms with van der Waals surface area (Å²) in [4.78, 5) is 16.9. The smallest absolute Gasteiger partial charge is 0.255 e. The summed E-state index contributed by atoms with van der Waals surface area (Å²) >= 11 is 0. The van der Waals surface area contributed by atoms with Gasteiger partial charge in [-0.3, -0.25) is 4.79 Å². The van der Waals surface area contributed by atoms with Crippen LogP contribution in [0.15, 0.2) is 6.07 Å². The van der Waals surface area contributed by atoms with E-state index in [1.807, 2.05) is 38.7 Å². The van der Waals surface area contributed by atoms with Gasteiger partial charge in [0, 0.05) is 24.5 Å². The molecule has 0 bridgehead atoms. The van der Waals surface area contributed by atoms with Crippen LogP contribution in [0.1, 0.15) is 35.6 Å². The van der Waals surface area contributed by atoms with Crippen LogP contribution in [0.3, 0.4) is 0 Å². The largest absolute Gasteiger partial charge is 0.362 e. The van der Waals surface area contributed by atoms with Crippen molar-refractivity contribution >= 4 is 5.91 Å². The Morgan fingerprint density at radius 1 is 1.36 bits per heavy atom. The van der Waals surface area contributed by atoms with Crippen molar-refractivity contribution in [2.45, 2.75) is 27.7 Å². The summed E-state index contributed by atoms with van der Waals surface area (Å²) in [5.41, 5.74) is 2.80. The number of H-pyrrole nitrogens is 1. The maximum absolute atomic E-state index is 11.9. The molecular weight excluding hydrogens is 176 g/mol. The fourth-order valence-electron chi connectivity index (χ4n) is 1.63. The highest BCUT2D eigenvalue weighted by Crippen LogP contribution is 2.12. The first-order valence-corrected chi connectivity index (χ1v) is 5.05. The minimum Gasteiger partial charge on any atom is -0.362 e. The van der Waals surface area contributed by atoms with Crippen molar-refractivity contribution in [3.63, 3.8) is 0 Å². The molecule has 0 saturated carbocycles. The van der Waals surface area contributed by atoms with Gasteiger partial charge < -0.3 is 9.88 Å². The van der Waals surface area contributed by atoms with Gasteiger partial charge in [-0.1, -0.05) is 0 Å². The van der Waals surface area contributed by atoms with E-state index in [-0.39, 0.29) is 5.91 Å². The zero-order valence-electron chi connectivity index (χ0n) is 9.35. The maximum Gasteiger partial charge on any atom is 0.255 e. The van der Waals surface area contributed by atoms with Gasteiger partial charge in [0.25, 0.3) is 5.91 Å². The van der Waals surface area contributed by atoms with E-state index in [1.54, 1.807) is 0 Å². The molecular formula is C11H18N2O. The van der Waals surface area contributed by atoms with Crippen molar-refractivity contribution in [3.8, 4) is 0 Å². The molecule has 0 saturated heterocycles. The van der Waals surface area contributed by atoms with Crippen LogP contribution >= 0.6 is 0 Å². The molecule has 0 aliphatic rings. The Morgan fingerprint density at radius 3 is 2.29 bits per heavy atom. The Morgan fingerprint density at radius 2 is 1.93 bits per heavy atom. The van der Waals surface area contributed by atoms with E-state index in [1.165, 1.54) is 0 Å². The van der Waals surface area contributed by atoms with Crippen molar-refractivity contribution in [3.05, 3.63) is 23.0 Å². The monoisotopic (exact) mass is 194 g/mol. The van der Waals surface area contributed by atoms with E-state index in [9.17, 15) is 4.79 Å². The second-order valence-corrected chi connectivity index (χ2v) is 3.47. The van der Waals surface area contributed by atoms with E-state index in [4.69, 9.17) is 0 Å². The molecule has 0 radical (unpaired) electrons. The molecule has 14 heavy (non-hydrogen) atoms. The van der Waals surface area contributed by atoms with Crippen LogP contribution in [0.5, 0.6) is 0 Å². The molecule has 1 amide bonds. The number of amides is 1. The highest BCUT2D eigenvalue weighted by atomic mass is 16.2. The van der Waals surface area contributed by atoms with Crippen LogP contribution in [0, 0.1) is 13.8 Å². The minimum atomic E-state index is 0.122. The number of hydrogen-bond donors (Lipinski definition) is 1. The Bertz CT molecular complexity index is 324. The normalized spacial score (nSPS) is 10.3. The molecule has 1 aromatic rings. The lowest BCUT2D eigenvalue weighted by Crippen LogP contribution is -2.30. The molecule has 0 aliphatic heterocycles. The first kappa shape index (κ1) is 10.8. The molecule has 3 nitrogen and oxygen atoms in total. The Balaban J connectivity index is 2.93. The number of aryl methyl sites for hydroxylation is 2. The molecule has 1 rings (SSSR count). The summed E-state index contributed by atoms with van der Waals surface area (Å²) in [5.74, 6) is 0.122. The summed E-state index contributed by atoms with van der Waals surface area (Å²) in [6.07, 6.45) is 0. The summed E-state index contributed by atoms with van der Waals surface area (Å²) in [7, 11) is 0. The van der Waals surface area contributed by atoms with E-state index in [2.05, 4.69) is 4.98 Å². The minimum absolute atomic E-state index is 0.122. The number of aromatic nitrogens is 1. The van der Waals surface area contributed by atoms with Crippen LogP contribution in [0.2, 0.25) is 0 Å². The SMILES string of the molecule is CCN(CC)C(=O)c1cc(C)[nH]c1C. The van der Waals surface area contributed by atoms with Crippen molar-refractivity contribution in [1.82, 2.24) is 9.88 Å². The topological polar surface area (TPSA) is 36.1 Å². The molecule has 1 aromatic heterocycles. The lowest BCUT2D eigenvalue weighted by atomic mass is 10.2. The summed E-state index contributed by atoms with van der Waals surface area (Å²) < 4.78 is 0. The van der Waals surface area contributed by atoms with Crippen molar-refractivity contribution in [1.29, 1.82) is 0 Å². The maximum atomic E-state index is 11.9. The standard InChI is InChI=1S/C11H18N2O/c1-5-13(6-2)11(14)10-7-8(3)12-9(10)4/h7,12H,5-6H2,1-4H3. The molecule has 0 aromatic carbocycles. The van der Waals surface area contributed by atoms with E-state index in [0.29, 0.717) is 0 Å². The fourth-order valence-corrected chi connectivity index (χ4v) is 1.63. The third-order valence-corrected chi connectivity index (χ3v) is 2.43. The zero-order valence-corrected chi connectivity index (χ0v) is 9.35. The van der Waals surface area contributed by atoms with Gasteiger partial charge in [0.05, 0.1) is 5.56 Å². The van der Waals surface area contributed by atoms with Crippen molar-refractivity contribution < 1.29 is 4.79 Å². The lowest BCUT2D eigenvalue weighted by Gasteiger charge is -2.18. The average molecular weight is 194 g/mol. The molecule has 0 aliphatic carbocycles. The third kappa shape index (κ3) is 1.97. The number of rotatable bonds is 3. The highest BCUT2D eigenvalue weighted by molar-refractivity contribution is 5.95.